The van der Waals surface area contributed by atoms with Crippen LogP contribution in [0.3, 0.4) is 0 Å². The number of hydrogen-bond donors (Lipinski definition) is 2. The second-order valence-electron chi connectivity index (χ2n) is 5.53. The summed E-state index contributed by atoms with van der Waals surface area (Å²) in [5.41, 5.74) is -0.831. The molecule has 2 N–H and O–H groups in total. The second kappa shape index (κ2) is 5.95. The Kier molecular flexibility index (Phi) is 4.44. The van der Waals surface area contributed by atoms with Gasteiger partial charge in [0.2, 0.25) is 0 Å². The zero-order valence-electron chi connectivity index (χ0n) is 12.1. The quantitative estimate of drug-likeness (QED) is 0.873. The highest BCUT2D eigenvalue weighted by atomic mass is 19.4. The Morgan fingerprint density at radius 3 is 2.57 bits per heavy atom. The maximum absolute atomic E-state index is 12.9. The molecule has 0 bridgehead atoms. The van der Waals surface area contributed by atoms with Crippen molar-refractivity contribution < 1.29 is 18.0 Å². The first kappa shape index (κ1) is 15.7. The Hall–Kier alpha value is -1.72. The molecule has 116 valence electrons. The van der Waals surface area contributed by atoms with Gasteiger partial charge in [-0.05, 0) is 42.9 Å². The van der Waals surface area contributed by atoms with E-state index in [1.807, 2.05) is 6.92 Å². The minimum atomic E-state index is -4.49. The van der Waals surface area contributed by atoms with E-state index in [9.17, 15) is 18.0 Å². The van der Waals surface area contributed by atoms with Crippen molar-refractivity contribution in [1.82, 2.24) is 5.32 Å². The fourth-order valence-electron chi connectivity index (χ4n) is 2.33. The Morgan fingerprint density at radius 2 is 2.05 bits per heavy atom. The summed E-state index contributed by atoms with van der Waals surface area (Å²) in [4.78, 5) is 12.0. The lowest BCUT2D eigenvalue weighted by molar-refractivity contribution is -0.136. The number of carbonyl (C=O) groups is 1. The molecule has 1 unspecified atom stereocenters. The van der Waals surface area contributed by atoms with Crippen LogP contribution in [0.1, 0.15) is 35.7 Å². The van der Waals surface area contributed by atoms with Gasteiger partial charge in [0, 0.05) is 24.8 Å². The summed E-state index contributed by atoms with van der Waals surface area (Å²) in [6.07, 6.45) is -2.14. The van der Waals surface area contributed by atoms with Gasteiger partial charge in [-0.3, -0.25) is 4.79 Å². The minimum absolute atomic E-state index is 0.0318. The maximum Gasteiger partial charge on any atom is 0.418 e. The fourth-order valence-corrected chi connectivity index (χ4v) is 2.33. The van der Waals surface area contributed by atoms with Crippen LogP contribution in [0.2, 0.25) is 0 Å². The van der Waals surface area contributed by atoms with Crippen molar-refractivity contribution >= 4 is 11.6 Å². The van der Waals surface area contributed by atoms with Crippen LogP contribution >= 0.6 is 0 Å². The lowest BCUT2D eigenvalue weighted by atomic mass is 10.1. The fraction of sp³-hybridized carbons (Fsp3) is 0.533. The standard InChI is InChI=1S/C15H19F3N2O/c1-9(10-3-4-10)8-20-14(21)11-5-6-13(19-2)12(7-11)15(16,17)18/h5-7,9-10,19H,3-4,8H2,1-2H3,(H,20,21). The van der Waals surface area contributed by atoms with Crippen molar-refractivity contribution in [2.24, 2.45) is 11.8 Å². The molecule has 21 heavy (non-hydrogen) atoms. The monoisotopic (exact) mass is 300 g/mol. The van der Waals surface area contributed by atoms with Crippen molar-refractivity contribution in [3.05, 3.63) is 29.3 Å². The predicted molar refractivity (Wildman–Crippen MR) is 75.2 cm³/mol. The van der Waals surface area contributed by atoms with E-state index in [0.29, 0.717) is 18.4 Å². The number of benzene rings is 1. The Morgan fingerprint density at radius 1 is 1.38 bits per heavy atom. The van der Waals surface area contributed by atoms with Crippen LogP contribution in [0.5, 0.6) is 0 Å². The first-order valence-corrected chi connectivity index (χ1v) is 7.00. The number of alkyl halides is 3. The van der Waals surface area contributed by atoms with Crippen LogP contribution in [0, 0.1) is 11.8 Å². The van der Waals surface area contributed by atoms with E-state index in [4.69, 9.17) is 0 Å². The molecule has 2 rings (SSSR count). The van der Waals surface area contributed by atoms with E-state index < -0.39 is 17.6 Å². The average molecular weight is 300 g/mol. The van der Waals surface area contributed by atoms with Crippen LogP contribution in [0.4, 0.5) is 18.9 Å². The SMILES string of the molecule is CNc1ccc(C(=O)NCC(C)C2CC2)cc1C(F)(F)F. The summed E-state index contributed by atoms with van der Waals surface area (Å²) in [6, 6.07) is 3.57. The topological polar surface area (TPSA) is 41.1 Å². The van der Waals surface area contributed by atoms with Gasteiger partial charge in [0.15, 0.2) is 0 Å². The van der Waals surface area contributed by atoms with Crippen LogP contribution in [0.25, 0.3) is 0 Å². The third kappa shape index (κ3) is 3.89. The Labute approximate surface area is 121 Å². The van der Waals surface area contributed by atoms with Gasteiger partial charge in [-0.25, -0.2) is 0 Å². The molecule has 1 fully saturated rings. The number of hydrogen-bond acceptors (Lipinski definition) is 2. The van der Waals surface area contributed by atoms with Crippen molar-refractivity contribution in [3.8, 4) is 0 Å². The lowest BCUT2D eigenvalue weighted by Gasteiger charge is -2.15. The highest BCUT2D eigenvalue weighted by molar-refractivity contribution is 5.95. The maximum atomic E-state index is 12.9. The van der Waals surface area contributed by atoms with E-state index in [2.05, 4.69) is 10.6 Å². The molecule has 0 spiro atoms. The molecule has 1 amide bonds. The van der Waals surface area contributed by atoms with Crippen LogP contribution in [0.15, 0.2) is 18.2 Å². The molecule has 1 aliphatic rings. The predicted octanol–water partition coefficient (Wildman–Crippen LogP) is 3.52. The second-order valence-corrected chi connectivity index (χ2v) is 5.53. The van der Waals surface area contributed by atoms with Gasteiger partial charge in [0.1, 0.15) is 0 Å². The number of rotatable bonds is 5. The highest BCUT2D eigenvalue weighted by Gasteiger charge is 2.34. The zero-order chi connectivity index (χ0) is 15.6. The largest absolute Gasteiger partial charge is 0.418 e. The summed E-state index contributed by atoms with van der Waals surface area (Å²) in [7, 11) is 1.42. The van der Waals surface area contributed by atoms with Crippen LogP contribution < -0.4 is 10.6 Å². The van der Waals surface area contributed by atoms with Crippen molar-refractivity contribution in [2.75, 3.05) is 18.9 Å². The van der Waals surface area contributed by atoms with Gasteiger partial charge in [-0.2, -0.15) is 13.2 Å². The molecule has 0 radical (unpaired) electrons. The van der Waals surface area contributed by atoms with Crippen molar-refractivity contribution in [3.63, 3.8) is 0 Å². The normalized spacial score (nSPS) is 16.4. The first-order chi connectivity index (χ1) is 9.82. The highest BCUT2D eigenvalue weighted by Crippen LogP contribution is 2.36. The summed E-state index contributed by atoms with van der Waals surface area (Å²) in [6.45, 7) is 2.54. The van der Waals surface area contributed by atoms with Crippen molar-refractivity contribution in [2.45, 2.75) is 25.9 Å². The van der Waals surface area contributed by atoms with Crippen molar-refractivity contribution in [1.29, 1.82) is 0 Å². The molecule has 0 heterocycles. The Bertz CT molecular complexity index is 524. The van der Waals surface area contributed by atoms with Gasteiger partial charge >= 0.3 is 6.18 Å². The summed E-state index contributed by atoms with van der Waals surface area (Å²) < 4.78 is 38.8. The molecule has 0 saturated heterocycles. The molecular weight excluding hydrogens is 281 g/mol. The van der Waals surface area contributed by atoms with Crippen LogP contribution in [-0.2, 0) is 6.18 Å². The summed E-state index contributed by atoms with van der Waals surface area (Å²) in [5.74, 6) is 0.547. The number of halogens is 3. The van der Waals surface area contributed by atoms with E-state index >= 15 is 0 Å². The number of nitrogens with one attached hydrogen (secondary N) is 2. The summed E-state index contributed by atoms with van der Waals surface area (Å²) in [5, 5.41) is 5.20. The van der Waals surface area contributed by atoms with Gasteiger partial charge in [0.25, 0.3) is 5.91 Å². The van der Waals surface area contributed by atoms with E-state index in [1.54, 1.807) is 0 Å². The van der Waals surface area contributed by atoms with E-state index in [1.165, 1.54) is 32.0 Å². The third-order valence-corrected chi connectivity index (χ3v) is 3.87. The smallest absolute Gasteiger partial charge is 0.388 e. The molecule has 0 aromatic heterocycles. The van der Waals surface area contributed by atoms with Gasteiger partial charge in [-0.15, -0.1) is 0 Å². The molecule has 1 aliphatic carbocycles. The number of carbonyl (C=O) groups excluding carboxylic acids is 1. The molecule has 3 nitrogen and oxygen atoms in total. The van der Waals surface area contributed by atoms with Gasteiger partial charge < -0.3 is 10.6 Å². The molecular formula is C15H19F3N2O. The number of amides is 1. The zero-order valence-corrected chi connectivity index (χ0v) is 12.1. The average Bonchev–Trinajstić information content (AvgIpc) is 3.27. The first-order valence-electron chi connectivity index (χ1n) is 7.00. The third-order valence-electron chi connectivity index (χ3n) is 3.87. The summed E-state index contributed by atoms with van der Waals surface area (Å²) >= 11 is 0. The lowest BCUT2D eigenvalue weighted by Crippen LogP contribution is -2.29. The van der Waals surface area contributed by atoms with Gasteiger partial charge in [-0.1, -0.05) is 6.92 Å². The molecule has 1 atom stereocenters. The molecule has 1 aromatic rings. The van der Waals surface area contributed by atoms with E-state index in [0.717, 1.165) is 6.07 Å². The molecule has 1 aromatic carbocycles. The van der Waals surface area contributed by atoms with E-state index in [-0.39, 0.29) is 11.3 Å². The van der Waals surface area contributed by atoms with Crippen LogP contribution in [-0.4, -0.2) is 19.5 Å². The Balaban J connectivity index is 2.09. The minimum Gasteiger partial charge on any atom is -0.388 e. The molecule has 6 heteroatoms. The molecule has 1 saturated carbocycles. The van der Waals surface area contributed by atoms with Gasteiger partial charge in [0.05, 0.1) is 5.56 Å². The molecule has 0 aliphatic heterocycles. The number of anilines is 1.